The fourth-order valence-corrected chi connectivity index (χ4v) is 2.91. The van der Waals surface area contributed by atoms with E-state index in [1.807, 2.05) is 0 Å². The summed E-state index contributed by atoms with van der Waals surface area (Å²) in [7, 11) is 1.71. The van der Waals surface area contributed by atoms with Gasteiger partial charge >= 0.3 is 0 Å². The highest BCUT2D eigenvalue weighted by Gasteiger charge is 2.27. The van der Waals surface area contributed by atoms with Crippen molar-refractivity contribution in [2.45, 2.75) is 58.5 Å². The minimum Gasteiger partial charge on any atom is -0.507 e. The Kier molecular flexibility index (Phi) is 5.31. The van der Waals surface area contributed by atoms with Crippen molar-refractivity contribution in [2.75, 3.05) is 12.4 Å². The highest BCUT2D eigenvalue weighted by Crippen LogP contribution is 2.41. The molecule has 1 rings (SSSR count). The van der Waals surface area contributed by atoms with Crippen LogP contribution in [0.3, 0.4) is 0 Å². The summed E-state index contributed by atoms with van der Waals surface area (Å²) in [6.07, 6.45) is -0.00204. The lowest BCUT2D eigenvalue weighted by atomic mass is 9.78. The number of phenols is 1. The third-order valence-electron chi connectivity index (χ3n) is 3.54. The van der Waals surface area contributed by atoms with Gasteiger partial charge in [0.15, 0.2) is 0 Å². The van der Waals surface area contributed by atoms with Gasteiger partial charge in [-0.15, -0.1) is 0 Å². The van der Waals surface area contributed by atoms with Crippen LogP contribution in [0.4, 0.5) is 0 Å². The van der Waals surface area contributed by atoms with E-state index in [-0.39, 0.29) is 16.9 Å². The maximum Gasteiger partial charge on any atom is 0.123 e. The zero-order chi connectivity index (χ0) is 15.7. The number of rotatable bonds is 3. The van der Waals surface area contributed by atoms with E-state index in [9.17, 15) is 5.11 Å². The average molecular weight is 343 g/mol. The Bertz CT molecular complexity index is 428. The van der Waals surface area contributed by atoms with Crippen LogP contribution in [0.25, 0.3) is 0 Å². The summed E-state index contributed by atoms with van der Waals surface area (Å²) >= 11 is 3.49. The molecular weight excluding hydrogens is 316 g/mol. The number of benzene rings is 1. The van der Waals surface area contributed by atoms with Gasteiger partial charge in [0.25, 0.3) is 0 Å². The molecule has 0 fully saturated rings. The molecule has 0 saturated heterocycles. The number of ether oxygens (including phenoxy) is 1. The summed E-state index contributed by atoms with van der Waals surface area (Å²) in [5.74, 6) is 0.415. The smallest absolute Gasteiger partial charge is 0.123 e. The van der Waals surface area contributed by atoms with Gasteiger partial charge in [0.1, 0.15) is 5.75 Å². The maximum atomic E-state index is 10.7. The quantitative estimate of drug-likeness (QED) is 0.777. The normalized spacial score (nSPS) is 14.4. The Morgan fingerprint density at radius 3 is 1.70 bits per heavy atom. The number of methoxy groups -OCH3 is 1. The molecule has 3 heteroatoms. The molecule has 0 amide bonds. The van der Waals surface area contributed by atoms with Crippen molar-refractivity contribution in [3.8, 4) is 5.75 Å². The van der Waals surface area contributed by atoms with Crippen molar-refractivity contribution >= 4 is 15.9 Å². The fraction of sp³-hybridized carbons (Fsp3) is 0.647. The second-order valence-corrected chi connectivity index (χ2v) is 7.99. The van der Waals surface area contributed by atoms with Gasteiger partial charge in [-0.3, -0.25) is 0 Å². The van der Waals surface area contributed by atoms with Crippen molar-refractivity contribution < 1.29 is 9.84 Å². The van der Waals surface area contributed by atoms with Gasteiger partial charge in [-0.1, -0.05) is 57.5 Å². The highest BCUT2D eigenvalue weighted by molar-refractivity contribution is 9.09. The van der Waals surface area contributed by atoms with E-state index in [4.69, 9.17) is 4.74 Å². The number of hydrogen-bond donors (Lipinski definition) is 1. The lowest BCUT2D eigenvalue weighted by molar-refractivity contribution is 0.124. The van der Waals surface area contributed by atoms with Crippen LogP contribution in [0.15, 0.2) is 12.1 Å². The van der Waals surface area contributed by atoms with Crippen molar-refractivity contribution in [3.63, 3.8) is 0 Å². The SMILES string of the molecule is COC(CBr)c1cc(C(C)(C)C)c(O)c(C(C)(C)C)c1. The van der Waals surface area contributed by atoms with Crippen LogP contribution in [-0.4, -0.2) is 17.5 Å². The molecule has 20 heavy (non-hydrogen) atoms. The largest absolute Gasteiger partial charge is 0.507 e. The zero-order valence-electron chi connectivity index (χ0n) is 13.7. The topological polar surface area (TPSA) is 29.5 Å². The predicted molar refractivity (Wildman–Crippen MR) is 89.1 cm³/mol. The third-order valence-corrected chi connectivity index (χ3v) is 4.13. The van der Waals surface area contributed by atoms with E-state index in [1.165, 1.54) is 0 Å². The number of alkyl halides is 1. The van der Waals surface area contributed by atoms with Crippen LogP contribution >= 0.6 is 15.9 Å². The summed E-state index contributed by atoms with van der Waals surface area (Å²) in [4.78, 5) is 0. The minimum atomic E-state index is -0.106. The molecule has 0 aliphatic rings. The van der Waals surface area contributed by atoms with Crippen molar-refractivity contribution in [1.29, 1.82) is 0 Å². The first kappa shape index (κ1) is 17.5. The van der Waals surface area contributed by atoms with Crippen LogP contribution in [0.1, 0.15) is 64.3 Å². The summed E-state index contributed by atoms with van der Waals surface area (Å²) in [5.41, 5.74) is 2.85. The van der Waals surface area contributed by atoms with E-state index < -0.39 is 0 Å². The van der Waals surface area contributed by atoms with Gasteiger partial charge in [0, 0.05) is 12.4 Å². The lowest BCUT2D eigenvalue weighted by Gasteiger charge is -2.29. The monoisotopic (exact) mass is 342 g/mol. The van der Waals surface area contributed by atoms with Crippen molar-refractivity contribution in [2.24, 2.45) is 0 Å². The molecule has 1 atom stereocenters. The Balaban J connectivity index is 3.58. The van der Waals surface area contributed by atoms with Crippen LogP contribution in [0.5, 0.6) is 5.75 Å². The molecule has 0 radical (unpaired) electrons. The summed E-state index contributed by atoms with van der Waals surface area (Å²) in [6.45, 7) is 12.7. The van der Waals surface area contributed by atoms with Gasteiger partial charge in [0.05, 0.1) is 6.10 Å². The number of phenolic OH excluding ortho intramolecular Hbond substituents is 1. The number of halogens is 1. The van der Waals surface area contributed by atoms with Crippen LogP contribution in [0.2, 0.25) is 0 Å². The zero-order valence-corrected chi connectivity index (χ0v) is 15.3. The molecule has 0 spiro atoms. The molecular formula is C17H27BrO2. The Morgan fingerprint density at radius 2 is 1.45 bits per heavy atom. The second-order valence-electron chi connectivity index (χ2n) is 7.34. The van der Waals surface area contributed by atoms with Gasteiger partial charge in [-0.05, 0) is 39.7 Å². The second kappa shape index (κ2) is 6.07. The Labute approximate surface area is 131 Å². The summed E-state index contributed by atoms with van der Waals surface area (Å²) < 4.78 is 5.53. The van der Waals surface area contributed by atoms with Crippen LogP contribution in [-0.2, 0) is 15.6 Å². The van der Waals surface area contributed by atoms with Gasteiger partial charge in [-0.25, -0.2) is 0 Å². The van der Waals surface area contributed by atoms with E-state index in [1.54, 1.807) is 7.11 Å². The van der Waals surface area contributed by atoms with Crippen LogP contribution in [0, 0.1) is 0 Å². The van der Waals surface area contributed by atoms with Gasteiger partial charge in [0.2, 0.25) is 0 Å². The van der Waals surface area contributed by atoms with E-state index in [0.717, 1.165) is 22.0 Å². The van der Waals surface area contributed by atoms with Crippen molar-refractivity contribution in [1.82, 2.24) is 0 Å². The molecule has 0 aromatic heterocycles. The lowest BCUT2D eigenvalue weighted by Crippen LogP contribution is -2.19. The molecule has 1 aromatic carbocycles. The van der Waals surface area contributed by atoms with E-state index in [0.29, 0.717) is 5.75 Å². The molecule has 2 nitrogen and oxygen atoms in total. The standard InChI is InChI=1S/C17H27BrO2/c1-16(2,3)12-8-11(14(10-18)20-7)9-13(15(12)19)17(4,5)6/h8-9,14,19H,10H2,1-7H3. The molecule has 0 aliphatic heterocycles. The summed E-state index contributed by atoms with van der Waals surface area (Å²) in [5, 5.41) is 11.4. The average Bonchev–Trinajstić information content (AvgIpc) is 2.29. The molecule has 1 unspecified atom stereocenters. The highest BCUT2D eigenvalue weighted by atomic mass is 79.9. The summed E-state index contributed by atoms with van der Waals surface area (Å²) in [6, 6.07) is 4.14. The molecule has 1 N–H and O–H groups in total. The van der Waals surface area contributed by atoms with Crippen molar-refractivity contribution in [3.05, 3.63) is 28.8 Å². The predicted octanol–water partition coefficient (Wildman–Crippen LogP) is 5.07. The molecule has 1 aromatic rings. The van der Waals surface area contributed by atoms with E-state index in [2.05, 4.69) is 69.6 Å². The molecule has 0 heterocycles. The van der Waals surface area contributed by atoms with Gasteiger partial charge in [-0.2, -0.15) is 0 Å². The Morgan fingerprint density at radius 1 is 1.05 bits per heavy atom. The van der Waals surface area contributed by atoms with Crippen LogP contribution < -0.4 is 0 Å². The fourth-order valence-electron chi connectivity index (χ4n) is 2.27. The number of aromatic hydroxyl groups is 1. The molecule has 0 aliphatic carbocycles. The number of hydrogen-bond acceptors (Lipinski definition) is 2. The first-order chi connectivity index (χ1) is 9.02. The third kappa shape index (κ3) is 3.76. The van der Waals surface area contributed by atoms with Gasteiger partial charge < -0.3 is 9.84 Å². The first-order valence-corrected chi connectivity index (χ1v) is 8.11. The Hall–Kier alpha value is -0.540. The minimum absolute atomic E-state index is 0.00204. The molecule has 0 bridgehead atoms. The maximum absolute atomic E-state index is 10.7. The van der Waals surface area contributed by atoms with E-state index >= 15 is 0 Å². The first-order valence-electron chi connectivity index (χ1n) is 6.99. The molecule has 0 saturated carbocycles. The molecule has 114 valence electrons.